The molecule has 9 heteroatoms. The number of amides is 3. The zero-order valence-corrected chi connectivity index (χ0v) is 19.2. The molecular weight excluding hydrogens is 410 g/mol. The Morgan fingerprint density at radius 3 is 2.56 bits per heavy atom. The molecular formula is C23H31N5O4. The molecule has 4 rings (SSSR count). The Balaban J connectivity index is 1.42. The highest BCUT2D eigenvalue weighted by atomic mass is 16.6. The highest BCUT2D eigenvalue weighted by molar-refractivity contribution is 6.01. The van der Waals surface area contributed by atoms with Gasteiger partial charge < -0.3 is 14.2 Å². The fraction of sp³-hybridized carbons (Fsp3) is 0.565. The minimum Gasteiger partial charge on any atom is -0.444 e. The number of imidazole rings is 1. The molecule has 2 aromatic rings. The minimum absolute atomic E-state index is 0.209. The van der Waals surface area contributed by atoms with Crippen LogP contribution in [0.3, 0.4) is 0 Å². The third-order valence-corrected chi connectivity index (χ3v) is 6.03. The summed E-state index contributed by atoms with van der Waals surface area (Å²) in [4.78, 5) is 44.8. The number of nitrogens with one attached hydrogen (secondary N) is 1. The van der Waals surface area contributed by atoms with Gasteiger partial charge in [-0.2, -0.15) is 0 Å². The summed E-state index contributed by atoms with van der Waals surface area (Å²) in [6.07, 6.45) is 0.621. The van der Waals surface area contributed by atoms with Crippen molar-refractivity contribution in [1.29, 1.82) is 0 Å². The van der Waals surface area contributed by atoms with Crippen LogP contribution in [-0.2, 0) is 27.9 Å². The van der Waals surface area contributed by atoms with E-state index < -0.39 is 5.60 Å². The van der Waals surface area contributed by atoms with Crippen LogP contribution in [0, 0.1) is 0 Å². The SMILES string of the molecule is Cn1c(CN2CCN(C(=O)OC(C)(C)C)CC2)nc2cc(C3CCC(=O)NC3=O)ccc21. The number of benzene rings is 1. The largest absolute Gasteiger partial charge is 0.444 e. The standard InChI is InChI=1S/C23H31N5O4/c1-23(2,3)32-22(31)28-11-9-27(10-12-28)14-19-24-17-13-15(5-7-18(17)26(19)4)16-6-8-20(29)25-21(16)30/h5,7,13,16H,6,8-12,14H2,1-4H3,(H,25,29,30). The lowest BCUT2D eigenvalue weighted by Gasteiger charge is -2.35. The van der Waals surface area contributed by atoms with E-state index in [2.05, 4.69) is 14.8 Å². The number of hydrogen-bond donors (Lipinski definition) is 1. The second-order valence-electron chi connectivity index (χ2n) is 9.58. The number of aromatic nitrogens is 2. The third-order valence-electron chi connectivity index (χ3n) is 6.03. The van der Waals surface area contributed by atoms with Gasteiger partial charge in [-0.25, -0.2) is 9.78 Å². The summed E-state index contributed by atoms with van der Waals surface area (Å²) in [7, 11) is 1.99. The van der Waals surface area contributed by atoms with E-state index >= 15 is 0 Å². The normalized spacial score (nSPS) is 20.5. The summed E-state index contributed by atoms with van der Waals surface area (Å²) in [6.45, 7) is 9.06. The van der Waals surface area contributed by atoms with Crippen molar-refractivity contribution in [3.63, 3.8) is 0 Å². The summed E-state index contributed by atoms with van der Waals surface area (Å²) in [5, 5.41) is 2.42. The van der Waals surface area contributed by atoms with Crippen molar-refractivity contribution in [2.45, 2.75) is 51.7 Å². The highest BCUT2D eigenvalue weighted by Crippen LogP contribution is 2.28. The maximum absolute atomic E-state index is 12.3. The maximum atomic E-state index is 12.3. The first-order valence-corrected chi connectivity index (χ1v) is 11.1. The molecule has 2 saturated heterocycles. The maximum Gasteiger partial charge on any atom is 0.410 e. The smallest absolute Gasteiger partial charge is 0.410 e. The van der Waals surface area contributed by atoms with Crippen molar-refractivity contribution in [3.05, 3.63) is 29.6 Å². The number of rotatable bonds is 3. The van der Waals surface area contributed by atoms with E-state index in [1.165, 1.54) is 0 Å². The number of nitrogens with zero attached hydrogens (tertiary/aromatic N) is 4. The lowest BCUT2D eigenvalue weighted by molar-refractivity contribution is -0.134. The van der Waals surface area contributed by atoms with Gasteiger partial charge in [0.05, 0.1) is 23.5 Å². The second kappa shape index (κ2) is 8.54. The zero-order valence-electron chi connectivity index (χ0n) is 19.2. The molecule has 0 spiro atoms. The summed E-state index contributed by atoms with van der Waals surface area (Å²) in [5.74, 6) is 0.174. The molecule has 9 nitrogen and oxygen atoms in total. The van der Waals surface area contributed by atoms with Crippen molar-refractivity contribution >= 4 is 28.9 Å². The van der Waals surface area contributed by atoms with Gasteiger partial charge in [-0.15, -0.1) is 0 Å². The van der Waals surface area contributed by atoms with E-state index in [9.17, 15) is 14.4 Å². The average Bonchev–Trinajstić information content (AvgIpc) is 3.02. The molecule has 32 heavy (non-hydrogen) atoms. The fourth-order valence-electron chi connectivity index (χ4n) is 4.25. The van der Waals surface area contributed by atoms with Crippen LogP contribution in [-0.4, -0.2) is 69.0 Å². The van der Waals surface area contributed by atoms with E-state index in [4.69, 9.17) is 9.72 Å². The molecule has 2 fully saturated rings. The van der Waals surface area contributed by atoms with E-state index in [1.807, 2.05) is 46.0 Å². The van der Waals surface area contributed by atoms with Gasteiger partial charge in [0.15, 0.2) is 0 Å². The molecule has 1 atom stereocenters. The van der Waals surface area contributed by atoms with Gasteiger partial charge in [0.1, 0.15) is 11.4 Å². The van der Waals surface area contributed by atoms with Gasteiger partial charge in [0.25, 0.3) is 0 Å². The first-order chi connectivity index (χ1) is 15.1. The van der Waals surface area contributed by atoms with Gasteiger partial charge in [-0.3, -0.25) is 19.8 Å². The van der Waals surface area contributed by atoms with Crippen LogP contribution in [0.15, 0.2) is 18.2 Å². The highest BCUT2D eigenvalue weighted by Gasteiger charge is 2.29. The van der Waals surface area contributed by atoms with Crippen molar-refractivity contribution in [2.24, 2.45) is 7.05 Å². The first-order valence-electron chi connectivity index (χ1n) is 11.1. The van der Waals surface area contributed by atoms with Crippen LogP contribution < -0.4 is 5.32 Å². The lowest BCUT2D eigenvalue weighted by Crippen LogP contribution is -2.49. The van der Waals surface area contributed by atoms with E-state index in [0.717, 1.165) is 35.5 Å². The van der Waals surface area contributed by atoms with Crippen LogP contribution in [0.5, 0.6) is 0 Å². The summed E-state index contributed by atoms with van der Waals surface area (Å²) in [6, 6.07) is 5.90. The van der Waals surface area contributed by atoms with E-state index in [1.54, 1.807) is 4.90 Å². The van der Waals surface area contributed by atoms with Gasteiger partial charge in [0.2, 0.25) is 11.8 Å². The molecule has 1 aromatic carbocycles. The monoisotopic (exact) mass is 441 g/mol. The van der Waals surface area contributed by atoms with Gasteiger partial charge in [-0.05, 0) is 44.9 Å². The van der Waals surface area contributed by atoms with Crippen molar-refractivity contribution in [3.8, 4) is 0 Å². The molecule has 0 saturated carbocycles. The Bertz CT molecular complexity index is 1050. The predicted molar refractivity (Wildman–Crippen MR) is 119 cm³/mol. The van der Waals surface area contributed by atoms with Crippen LogP contribution >= 0.6 is 0 Å². The Morgan fingerprint density at radius 1 is 1.19 bits per heavy atom. The third kappa shape index (κ3) is 4.77. The van der Waals surface area contributed by atoms with Crippen LogP contribution in [0.2, 0.25) is 0 Å². The topological polar surface area (TPSA) is 96.8 Å². The van der Waals surface area contributed by atoms with Crippen molar-refractivity contribution in [2.75, 3.05) is 26.2 Å². The summed E-state index contributed by atoms with van der Waals surface area (Å²) in [5.41, 5.74) is 2.24. The molecule has 1 unspecified atom stereocenters. The molecule has 0 aliphatic carbocycles. The molecule has 3 heterocycles. The Kier molecular flexibility index (Phi) is 5.94. The molecule has 1 N–H and O–H groups in total. The fourth-order valence-corrected chi connectivity index (χ4v) is 4.25. The molecule has 1 aromatic heterocycles. The molecule has 2 aliphatic heterocycles. The second-order valence-corrected chi connectivity index (χ2v) is 9.58. The number of carbonyl (C=O) groups excluding carboxylic acids is 3. The number of ether oxygens (including phenoxy) is 1. The number of carbonyl (C=O) groups is 3. The number of piperidine rings is 1. The molecule has 3 amide bonds. The number of fused-ring (bicyclic) bond motifs is 1. The zero-order chi connectivity index (χ0) is 23.0. The summed E-state index contributed by atoms with van der Waals surface area (Å²) >= 11 is 0. The van der Waals surface area contributed by atoms with Crippen LogP contribution in [0.25, 0.3) is 11.0 Å². The Hall–Kier alpha value is -2.94. The lowest BCUT2D eigenvalue weighted by atomic mass is 9.90. The van der Waals surface area contributed by atoms with Gasteiger partial charge in [0, 0.05) is 39.6 Å². The van der Waals surface area contributed by atoms with Gasteiger partial charge in [-0.1, -0.05) is 6.07 Å². The van der Waals surface area contributed by atoms with Gasteiger partial charge >= 0.3 is 6.09 Å². The first kappa shape index (κ1) is 22.3. The van der Waals surface area contributed by atoms with Crippen LogP contribution in [0.1, 0.15) is 50.9 Å². The Labute approximate surface area is 187 Å². The number of aryl methyl sites for hydroxylation is 1. The number of imide groups is 1. The number of hydrogen-bond acceptors (Lipinski definition) is 6. The summed E-state index contributed by atoms with van der Waals surface area (Å²) < 4.78 is 7.54. The van der Waals surface area contributed by atoms with E-state index in [-0.39, 0.29) is 23.8 Å². The predicted octanol–water partition coefficient (Wildman–Crippen LogP) is 2.15. The van der Waals surface area contributed by atoms with Crippen molar-refractivity contribution < 1.29 is 19.1 Å². The molecule has 0 radical (unpaired) electrons. The quantitative estimate of drug-likeness (QED) is 0.733. The minimum atomic E-state index is -0.492. The Morgan fingerprint density at radius 2 is 1.91 bits per heavy atom. The van der Waals surface area contributed by atoms with Crippen LogP contribution in [0.4, 0.5) is 4.79 Å². The molecule has 0 bridgehead atoms. The number of piperazine rings is 1. The average molecular weight is 442 g/mol. The molecule has 172 valence electrons. The van der Waals surface area contributed by atoms with E-state index in [0.29, 0.717) is 32.5 Å². The van der Waals surface area contributed by atoms with Crippen molar-refractivity contribution in [1.82, 2.24) is 24.7 Å². The molecule has 2 aliphatic rings.